The van der Waals surface area contributed by atoms with Crippen LogP contribution in [-0.4, -0.2) is 5.11 Å². The van der Waals surface area contributed by atoms with Crippen molar-refractivity contribution >= 4 is 15.9 Å². The molecule has 0 radical (unpaired) electrons. The van der Waals surface area contributed by atoms with E-state index < -0.39 is 17.7 Å². The van der Waals surface area contributed by atoms with Crippen LogP contribution in [0, 0.1) is 18.6 Å². The zero-order valence-corrected chi connectivity index (χ0v) is 11.2. The molecule has 0 saturated heterocycles. The average molecular weight is 313 g/mol. The first-order chi connectivity index (χ1) is 8.49. The molecular weight excluding hydrogens is 302 g/mol. The molecule has 0 aromatic heterocycles. The standard InChI is InChI=1S/C14H11BrF2O/c1-8-3-2-4-9(5-8)14(18)10-6-13(17)11(15)7-12(10)16/h2-7,14,18H,1H3. The summed E-state index contributed by atoms with van der Waals surface area (Å²) >= 11 is 2.90. The molecule has 0 heterocycles. The van der Waals surface area contributed by atoms with Gasteiger partial charge in [-0.2, -0.15) is 0 Å². The molecule has 0 bridgehead atoms. The number of aryl methyl sites for hydroxylation is 1. The van der Waals surface area contributed by atoms with Crippen molar-refractivity contribution in [1.29, 1.82) is 0 Å². The Morgan fingerprint density at radius 1 is 1.11 bits per heavy atom. The maximum Gasteiger partial charge on any atom is 0.137 e. The van der Waals surface area contributed by atoms with Crippen molar-refractivity contribution in [2.45, 2.75) is 13.0 Å². The van der Waals surface area contributed by atoms with Gasteiger partial charge in [-0.1, -0.05) is 29.8 Å². The van der Waals surface area contributed by atoms with Crippen LogP contribution in [0.25, 0.3) is 0 Å². The van der Waals surface area contributed by atoms with Crippen molar-refractivity contribution in [1.82, 2.24) is 0 Å². The molecule has 2 aromatic rings. The highest BCUT2D eigenvalue weighted by molar-refractivity contribution is 9.10. The zero-order valence-electron chi connectivity index (χ0n) is 9.62. The summed E-state index contributed by atoms with van der Waals surface area (Å²) in [5, 5.41) is 10.1. The van der Waals surface area contributed by atoms with Crippen molar-refractivity contribution in [3.8, 4) is 0 Å². The lowest BCUT2D eigenvalue weighted by molar-refractivity contribution is 0.214. The normalized spacial score (nSPS) is 12.5. The van der Waals surface area contributed by atoms with E-state index in [4.69, 9.17) is 0 Å². The average Bonchev–Trinajstić information content (AvgIpc) is 2.33. The van der Waals surface area contributed by atoms with Crippen molar-refractivity contribution in [2.75, 3.05) is 0 Å². The van der Waals surface area contributed by atoms with Gasteiger partial charge in [0, 0.05) is 5.56 Å². The number of hydrogen-bond donors (Lipinski definition) is 1. The van der Waals surface area contributed by atoms with Gasteiger partial charge in [0.15, 0.2) is 0 Å². The summed E-state index contributed by atoms with van der Waals surface area (Å²) in [7, 11) is 0. The fraction of sp³-hybridized carbons (Fsp3) is 0.143. The van der Waals surface area contributed by atoms with Crippen LogP contribution in [0.15, 0.2) is 40.9 Å². The number of hydrogen-bond acceptors (Lipinski definition) is 1. The van der Waals surface area contributed by atoms with Crippen LogP contribution in [0.3, 0.4) is 0 Å². The van der Waals surface area contributed by atoms with Crippen molar-refractivity contribution in [2.24, 2.45) is 0 Å². The lowest BCUT2D eigenvalue weighted by Gasteiger charge is -2.13. The second-order valence-corrected chi connectivity index (χ2v) is 4.96. The Balaban J connectivity index is 2.46. The molecule has 2 aromatic carbocycles. The Hall–Kier alpha value is -1.26. The zero-order chi connectivity index (χ0) is 13.3. The predicted molar refractivity (Wildman–Crippen MR) is 69.3 cm³/mol. The monoisotopic (exact) mass is 312 g/mol. The van der Waals surface area contributed by atoms with Gasteiger partial charge in [0.25, 0.3) is 0 Å². The number of rotatable bonds is 2. The molecule has 0 aliphatic rings. The first kappa shape index (κ1) is 13.2. The molecule has 1 nitrogen and oxygen atoms in total. The van der Waals surface area contributed by atoms with Gasteiger partial charge in [-0.3, -0.25) is 0 Å². The summed E-state index contributed by atoms with van der Waals surface area (Å²) < 4.78 is 27.1. The summed E-state index contributed by atoms with van der Waals surface area (Å²) in [6.45, 7) is 1.87. The fourth-order valence-electron chi connectivity index (χ4n) is 1.77. The van der Waals surface area contributed by atoms with Crippen LogP contribution < -0.4 is 0 Å². The summed E-state index contributed by atoms with van der Waals surface area (Å²) in [6.07, 6.45) is -1.17. The van der Waals surface area contributed by atoms with Crippen molar-refractivity contribution in [3.63, 3.8) is 0 Å². The van der Waals surface area contributed by atoms with Gasteiger partial charge in [0.1, 0.15) is 17.7 Å². The molecule has 0 fully saturated rings. The second-order valence-electron chi connectivity index (χ2n) is 4.10. The first-order valence-corrected chi connectivity index (χ1v) is 6.17. The van der Waals surface area contributed by atoms with E-state index in [1.165, 1.54) is 0 Å². The minimum absolute atomic E-state index is 0.0418. The quantitative estimate of drug-likeness (QED) is 0.827. The van der Waals surface area contributed by atoms with Gasteiger partial charge in [-0.05, 0) is 40.5 Å². The second kappa shape index (κ2) is 5.16. The van der Waals surface area contributed by atoms with Gasteiger partial charge in [-0.25, -0.2) is 8.78 Å². The maximum absolute atomic E-state index is 13.7. The van der Waals surface area contributed by atoms with Crippen molar-refractivity contribution in [3.05, 3.63) is 69.2 Å². The van der Waals surface area contributed by atoms with Gasteiger partial charge in [0.05, 0.1) is 4.47 Å². The fourth-order valence-corrected chi connectivity index (χ4v) is 2.08. The lowest BCUT2D eigenvalue weighted by atomic mass is 9.99. The molecule has 0 spiro atoms. The van der Waals surface area contributed by atoms with Gasteiger partial charge >= 0.3 is 0 Å². The molecule has 0 amide bonds. The minimum atomic E-state index is -1.17. The Labute approximate surface area is 112 Å². The molecule has 1 atom stereocenters. The molecule has 0 aliphatic carbocycles. The van der Waals surface area contributed by atoms with Crippen LogP contribution >= 0.6 is 15.9 Å². The van der Waals surface area contributed by atoms with E-state index in [0.29, 0.717) is 5.56 Å². The van der Waals surface area contributed by atoms with Gasteiger partial charge < -0.3 is 5.11 Å². The molecule has 0 aliphatic heterocycles. The lowest BCUT2D eigenvalue weighted by Crippen LogP contribution is -2.04. The Morgan fingerprint density at radius 2 is 1.83 bits per heavy atom. The van der Waals surface area contributed by atoms with Gasteiger partial charge in [0.2, 0.25) is 0 Å². The van der Waals surface area contributed by atoms with Gasteiger partial charge in [-0.15, -0.1) is 0 Å². The minimum Gasteiger partial charge on any atom is -0.384 e. The highest BCUT2D eigenvalue weighted by Gasteiger charge is 2.17. The Bertz CT molecular complexity index is 584. The third-order valence-corrected chi connectivity index (χ3v) is 3.30. The SMILES string of the molecule is Cc1cccc(C(O)c2cc(F)c(Br)cc2F)c1. The topological polar surface area (TPSA) is 20.2 Å². The maximum atomic E-state index is 13.7. The predicted octanol–water partition coefficient (Wildman–Crippen LogP) is 4.12. The van der Waals surface area contributed by atoms with E-state index >= 15 is 0 Å². The Kier molecular flexibility index (Phi) is 3.78. The number of halogens is 3. The summed E-state index contributed by atoms with van der Waals surface area (Å²) in [6, 6.07) is 9.08. The number of benzene rings is 2. The van der Waals surface area contributed by atoms with Crippen LogP contribution in [0.5, 0.6) is 0 Å². The van der Waals surface area contributed by atoms with E-state index in [0.717, 1.165) is 17.7 Å². The highest BCUT2D eigenvalue weighted by atomic mass is 79.9. The van der Waals surface area contributed by atoms with Crippen LogP contribution in [0.4, 0.5) is 8.78 Å². The summed E-state index contributed by atoms with van der Waals surface area (Å²) in [5.41, 5.74) is 1.42. The van der Waals surface area contributed by atoms with Crippen LogP contribution in [-0.2, 0) is 0 Å². The number of aliphatic hydroxyl groups excluding tert-OH is 1. The molecule has 0 saturated carbocycles. The number of aliphatic hydroxyl groups is 1. The molecule has 4 heteroatoms. The molecular formula is C14H11BrF2O. The summed E-state index contributed by atoms with van der Waals surface area (Å²) in [4.78, 5) is 0. The van der Waals surface area contributed by atoms with Crippen LogP contribution in [0.2, 0.25) is 0 Å². The van der Waals surface area contributed by atoms with E-state index in [1.54, 1.807) is 18.2 Å². The smallest absolute Gasteiger partial charge is 0.137 e. The third kappa shape index (κ3) is 2.60. The molecule has 18 heavy (non-hydrogen) atoms. The van der Waals surface area contributed by atoms with Crippen molar-refractivity contribution < 1.29 is 13.9 Å². The summed E-state index contributed by atoms with van der Waals surface area (Å²) in [5.74, 6) is -1.24. The first-order valence-electron chi connectivity index (χ1n) is 5.38. The molecule has 94 valence electrons. The van der Waals surface area contributed by atoms with E-state index in [1.807, 2.05) is 13.0 Å². The van der Waals surface area contributed by atoms with E-state index in [-0.39, 0.29) is 10.0 Å². The molecule has 1 unspecified atom stereocenters. The largest absolute Gasteiger partial charge is 0.384 e. The van der Waals surface area contributed by atoms with E-state index in [2.05, 4.69) is 15.9 Å². The third-order valence-electron chi connectivity index (χ3n) is 2.69. The van der Waals surface area contributed by atoms with Crippen LogP contribution in [0.1, 0.15) is 22.8 Å². The highest BCUT2D eigenvalue weighted by Crippen LogP contribution is 2.28. The molecule has 1 N–H and O–H groups in total. The Morgan fingerprint density at radius 3 is 2.50 bits per heavy atom. The molecule has 2 rings (SSSR count). The van der Waals surface area contributed by atoms with E-state index in [9.17, 15) is 13.9 Å².